The van der Waals surface area contributed by atoms with E-state index < -0.39 is 5.76 Å². The molecule has 0 aliphatic heterocycles. The van der Waals surface area contributed by atoms with Gasteiger partial charge < -0.3 is 9.52 Å². The van der Waals surface area contributed by atoms with Gasteiger partial charge in [0.15, 0.2) is 5.58 Å². The number of nitrogens with zero attached hydrogens (tertiary/aromatic N) is 1. The normalized spacial score (nSPS) is 11.1. The van der Waals surface area contributed by atoms with Crippen LogP contribution in [0.3, 0.4) is 0 Å². The molecule has 2 aromatic carbocycles. The van der Waals surface area contributed by atoms with Crippen LogP contribution in [0.25, 0.3) is 11.1 Å². The number of aliphatic hydroxyl groups excluding tert-OH is 1. The second-order valence-corrected chi connectivity index (χ2v) is 4.54. The van der Waals surface area contributed by atoms with Crippen LogP contribution >= 0.6 is 0 Å². The van der Waals surface area contributed by atoms with Crippen molar-refractivity contribution in [3.63, 3.8) is 0 Å². The zero-order chi connectivity index (χ0) is 14.1. The maximum absolute atomic E-state index is 12.9. The number of hydrogen-bond acceptors (Lipinski definition) is 3. The van der Waals surface area contributed by atoms with E-state index in [1.165, 1.54) is 16.7 Å². The first kappa shape index (κ1) is 12.6. The highest BCUT2D eigenvalue weighted by atomic mass is 19.1. The van der Waals surface area contributed by atoms with Crippen molar-refractivity contribution in [3.05, 3.63) is 70.0 Å². The monoisotopic (exact) mass is 273 g/mol. The van der Waals surface area contributed by atoms with Crippen LogP contribution in [0.15, 0.2) is 51.7 Å². The fourth-order valence-corrected chi connectivity index (χ4v) is 2.13. The highest BCUT2D eigenvalue weighted by molar-refractivity contribution is 5.73. The van der Waals surface area contributed by atoms with Gasteiger partial charge in [0.25, 0.3) is 0 Å². The minimum Gasteiger partial charge on any atom is -0.408 e. The summed E-state index contributed by atoms with van der Waals surface area (Å²) in [5, 5.41) is 9.07. The van der Waals surface area contributed by atoms with E-state index in [4.69, 9.17) is 9.52 Å². The molecular weight excluding hydrogens is 261 g/mol. The first-order valence-electron chi connectivity index (χ1n) is 6.15. The van der Waals surface area contributed by atoms with E-state index in [9.17, 15) is 9.18 Å². The van der Waals surface area contributed by atoms with Crippen LogP contribution in [0, 0.1) is 5.82 Å². The number of benzene rings is 2. The Morgan fingerprint density at radius 3 is 2.50 bits per heavy atom. The van der Waals surface area contributed by atoms with Crippen LogP contribution < -0.4 is 5.76 Å². The summed E-state index contributed by atoms with van der Waals surface area (Å²) < 4.78 is 19.5. The summed E-state index contributed by atoms with van der Waals surface area (Å²) in [6.07, 6.45) is 0. The fraction of sp³-hybridized carbons (Fsp3) is 0.133. The van der Waals surface area contributed by atoms with Gasteiger partial charge in [-0.25, -0.2) is 9.18 Å². The zero-order valence-electron chi connectivity index (χ0n) is 10.5. The number of fused-ring (bicyclic) bond motifs is 1. The molecule has 20 heavy (non-hydrogen) atoms. The summed E-state index contributed by atoms with van der Waals surface area (Å²) in [6.45, 7) is 0.202. The first-order chi connectivity index (χ1) is 9.67. The van der Waals surface area contributed by atoms with Gasteiger partial charge in [-0.2, -0.15) is 0 Å². The molecule has 0 bridgehead atoms. The van der Waals surface area contributed by atoms with Crippen molar-refractivity contribution in [1.82, 2.24) is 4.57 Å². The van der Waals surface area contributed by atoms with Crippen LogP contribution in [-0.2, 0) is 13.2 Å². The molecule has 1 aromatic heterocycles. The van der Waals surface area contributed by atoms with Gasteiger partial charge in [0.2, 0.25) is 0 Å². The third-order valence-corrected chi connectivity index (χ3v) is 3.17. The van der Waals surface area contributed by atoms with Crippen LogP contribution in [0.1, 0.15) is 11.1 Å². The zero-order valence-corrected chi connectivity index (χ0v) is 10.5. The molecule has 1 N–H and O–H groups in total. The van der Waals surface area contributed by atoms with E-state index in [-0.39, 0.29) is 12.4 Å². The molecule has 0 saturated carbocycles. The molecule has 102 valence electrons. The summed E-state index contributed by atoms with van der Waals surface area (Å²) in [5.74, 6) is -0.787. The van der Waals surface area contributed by atoms with Crippen molar-refractivity contribution < 1.29 is 13.9 Å². The number of aliphatic hydroxyl groups is 1. The predicted octanol–water partition coefficient (Wildman–Crippen LogP) is 2.27. The third kappa shape index (κ3) is 2.23. The topological polar surface area (TPSA) is 55.4 Å². The third-order valence-electron chi connectivity index (χ3n) is 3.17. The lowest BCUT2D eigenvalue weighted by Gasteiger charge is -2.03. The average molecular weight is 273 g/mol. The molecule has 5 heteroatoms. The molecule has 4 nitrogen and oxygen atoms in total. The SMILES string of the molecule is O=c1oc2cc(CO)ccc2n1Cc1ccc(F)cc1. The molecule has 0 unspecified atom stereocenters. The minimum absolute atomic E-state index is 0.108. The van der Waals surface area contributed by atoms with Crippen LogP contribution in [0.4, 0.5) is 4.39 Å². The van der Waals surface area contributed by atoms with E-state index in [1.54, 1.807) is 30.3 Å². The Morgan fingerprint density at radius 1 is 1.10 bits per heavy atom. The highest BCUT2D eigenvalue weighted by Gasteiger charge is 2.10. The Balaban J connectivity index is 2.05. The largest absolute Gasteiger partial charge is 0.420 e. The molecule has 1 heterocycles. The number of halogens is 1. The number of oxazole rings is 1. The Kier molecular flexibility index (Phi) is 3.12. The molecule has 0 aliphatic carbocycles. The van der Waals surface area contributed by atoms with E-state index in [2.05, 4.69) is 0 Å². The highest BCUT2D eigenvalue weighted by Crippen LogP contribution is 2.16. The second-order valence-electron chi connectivity index (χ2n) is 4.54. The van der Waals surface area contributed by atoms with Gasteiger partial charge in [-0.15, -0.1) is 0 Å². The predicted molar refractivity (Wildman–Crippen MR) is 71.9 cm³/mol. The van der Waals surface area contributed by atoms with Crippen LogP contribution in [0.5, 0.6) is 0 Å². The molecule has 0 radical (unpaired) electrons. The second kappa shape index (κ2) is 4.94. The minimum atomic E-state index is -0.473. The maximum Gasteiger partial charge on any atom is 0.420 e. The van der Waals surface area contributed by atoms with E-state index >= 15 is 0 Å². The summed E-state index contributed by atoms with van der Waals surface area (Å²) in [4.78, 5) is 11.9. The Morgan fingerprint density at radius 2 is 1.80 bits per heavy atom. The molecule has 0 amide bonds. The lowest BCUT2D eigenvalue weighted by Crippen LogP contribution is -2.14. The Hall–Kier alpha value is -2.40. The fourth-order valence-electron chi connectivity index (χ4n) is 2.13. The van der Waals surface area contributed by atoms with Crippen molar-refractivity contribution in [1.29, 1.82) is 0 Å². The lowest BCUT2D eigenvalue weighted by molar-refractivity contribution is 0.282. The van der Waals surface area contributed by atoms with Gasteiger partial charge in [-0.3, -0.25) is 4.57 Å². The standard InChI is InChI=1S/C15H12FNO3/c16-12-4-1-10(2-5-12)8-17-13-6-3-11(9-18)7-14(13)20-15(17)19/h1-7,18H,8-9H2. The summed E-state index contributed by atoms with van der Waals surface area (Å²) in [7, 11) is 0. The van der Waals surface area contributed by atoms with Gasteiger partial charge in [0.05, 0.1) is 18.7 Å². The number of rotatable bonds is 3. The summed E-state index contributed by atoms with van der Waals surface area (Å²) >= 11 is 0. The average Bonchev–Trinajstić information content (AvgIpc) is 2.76. The van der Waals surface area contributed by atoms with E-state index in [0.29, 0.717) is 23.2 Å². The van der Waals surface area contributed by atoms with E-state index in [1.807, 2.05) is 0 Å². The smallest absolute Gasteiger partial charge is 0.408 e. The molecular formula is C15H12FNO3. The molecule has 3 rings (SSSR count). The van der Waals surface area contributed by atoms with Crippen molar-refractivity contribution in [2.75, 3.05) is 0 Å². The maximum atomic E-state index is 12.9. The lowest BCUT2D eigenvalue weighted by atomic mass is 10.2. The molecule has 0 saturated heterocycles. The van der Waals surface area contributed by atoms with Crippen molar-refractivity contribution >= 4 is 11.1 Å². The summed E-state index contributed by atoms with van der Waals surface area (Å²) in [6, 6.07) is 11.1. The van der Waals surface area contributed by atoms with E-state index in [0.717, 1.165) is 5.56 Å². The van der Waals surface area contributed by atoms with Gasteiger partial charge in [-0.1, -0.05) is 18.2 Å². The van der Waals surface area contributed by atoms with Gasteiger partial charge in [0, 0.05) is 0 Å². The quantitative estimate of drug-likeness (QED) is 0.796. The Bertz CT molecular complexity index is 802. The number of hydrogen-bond donors (Lipinski definition) is 1. The van der Waals surface area contributed by atoms with Crippen LogP contribution in [-0.4, -0.2) is 9.67 Å². The van der Waals surface area contributed by atoms with Crippen molar-refractivity contribution in [3.8, 4) is 0 Å². The van der Waals surface area contributed by atoms with Crippen molar-refractivity contribution in [2.45, 2.75) is 13.2 Å². The van der Waals surface area contributed by atoms with Crippen LogP contribution in [0.2, 0.25) is 0 Å². The first-order valence-corrected chi connectivity index (χ1v) is 6.15. The number of aromatic nitrogens is 1. The Labute approximate surface area is 113 Å². The molecule has 0 spiro atoms. The molecule has 0 fully saturated rings. The molecule has 0 aliphatic rings. The van der Waals surface area contributed by atoms with Crippen molar-refractivity contribution in [2.24, 2.45) is 0 Å². The molecule has 3 aromatic rings. The van der Waals surface area contributed by atoms with Gasteiger partial charge in [-0.05, 0) is 35.4 Å². The molecule has 0 atom stereocenters. The van der Waals surface area contributed by atoms with Gasteiger partial charge in [0.1, 0.15) is 5.82 Å². The van der Waals surface area contributed by atoms with Gasteiger partial charge >= 0.3 is 5.76 Å². The summed E-state index contributed by atoms with van der Waals surface area (Å²) in [5.41, 5.74) is 2.57.